The Hall–Kier alpha value is -2.54. The maximum Gasteiger partial charge on any atom is 0.411 e. The molecule has 0 aromatic heterocycles. The molecular weight excluding hydrogens is 328 g/mol. The van der Waals surface area contributed by atoms with Gasteiger partial charge in [-0.25, -0.2) is 13.2 Å². The van der Waals surface area contributed by atoms with E-state index in [-0.39, 0.29) is 4.90 Å². The Morgan fingerprint density at radius 2 is 1.67 bits per heavy atom. The zero-order chi connectivity index (χ0) is 17.2. The van der Waals surface area contributed by atoms with E-state index < -0.39 is 16.1 Å². The molecule has 1 amide bonds. The number of amides is 1. The van der Waals surface area contributed by atoms with Gasteiger partial charge in [-0.05, 0) is 66.8 Å². The molecule has 7 heteroatoms. The number of hydrogen-bond acceptors (Lipinski definition) is 4. The van der Waals surface area contributed by atoms with Crippen LogP contribution in [-0.2, 0) is 27.6 Å². The lowest BCUT2D eigenvalue weighted by Crippen LogP contribution is -2.14. The summed E-state index contributed by atoms with van der Waals surface area (Å²) in [7, 11) is -2.37. The Bertz CT molecular complexity index is 861. The molecule has 2 aromatic rings. The van der Waals surface area contributed by atoms with E-state index in [2.05, 4.69) is 14.8 Å². The molecule has 0 fully saturated rings. The fraction of sp³-hybridized carbons (Fsp3) is 0.235. The first-order valence-corrected chi connectivity index (χ1v) is 9.06. The maximum atomic E-state index is 12.5. The minimum Gasteiger partial charge on any atom is -0.453 e. The fourth-order valence-electron chi connectivity index (χ4n) is 2.72. The lowest BCUT2D eigenvalue weighted by atomic mass is 10.1. The SMILES string of the molecule is COC(=O)Nc1ccc(NS(=O)(=O)c2ccc3c(c2)CCC3)cc1. The highest BCUT2D eigenvalue weighted by molar-refractivity contribution is 7.92. The number of ether oxygens (including phenoxy) is 1. The summed E-state index contributed by atoms with van der Waals surface area (Å²) in [5.41, 5.74) is 3.27. The van der Waals surface area contributed by atoms with Crippen LogP contribution in [0.25, 0.3) is 0 Å². The van der Waals surface area contributed by atoms with Crippen molar-refractivity contribution in [3.8, 4) is 0 Å². The summed E-state index contributed by atoms with van der Waals surface area (Å²) in [4.78, 5) is 11.4. The van der Waals surface area contributed by atoms with Gasteiger partial charge in [-0.1, -0.05) is 6.07 Å². The van der Waals surface area contributed by atoms with Gasteiger partial charge in [-0.15, -0.1) is 0 Å². The van der Waals surface area contributed by atoms with Crippen LogP contribution in [0.5, 0.6) is 0 Å². The van der Waals surface area contributed by atoms with Crippen LogP contribution in [0.4, 0.5) is 16.2 Å². The van der Waals surface area contributed by atoms with Gasteiger partial charge >= 0.3 is 6.09 Å². The first-order chi connectivity index (χ1) is 11.5. The standard InChI is InChI=1S/C17H18N2O4S/c1-23-17(20)18-14-6-8-15(9-7-14)19-24(21,22)16-10-5-12-3-2-4-13(12)11-16/h5-11,19H,2-4H2,1H3,(H,18,20). The molecule has 3 rings (SSSR count). The van der Waals surface area contributed by atoms with Crippen LogP contribution < -0.4 is 10.0 Å². The highest BCUT2D eigenvalue weighted by atomic mass is 32.2. The van der Waals surface area contributed by atoms with Gasteiger partial charge in [-0.2, -0.15) is 0 Å². The number of carbonyl (C=O) groups is 1. The number of carbonyl (C=O) groups excluding carboxylic acids is 1. The van der Waals surface area contributed by atoms with Crippen molar-refractivity contribution in [1.29, 1.82) is 0 Å². The van der Waals surface area contributed by atoms with Crippen LogP contribution in [0.1, 0.15) is 17.5 Å². The monoisotopic (exact) mass is 346 g/mol. The van der Waals surface area contributed by atoms with Crippen LogP contribution in [0.2, 0.25) is 0 Å². The van der Waals surface area contributed by atoms with Gasteiger partial charge in [-0.3, -0.25) is 10.0 Å². The van der Waals surface area contributed by atoms with Crippen molar-refractivity contribution in [1.82, 2.24) is 0 Å². The molecule has 0 aliphatic heterocycles. The van der Waals surface area contributed by atoms with E-state index in [9.17, 15) is 13.2 Å². The third-order valence-electron chi connectivity index (χ3n) is 3.95. The average Bonchev–Trinajstić information content (AvgIpc) is 3.04. The van der Waals surface area contributed by atoms with Crippen LogP contribution in [0, 0.1) is 0 Å². The van der Waals surface area contributed by atoms with E-state index in [1.54, 1.807) is 36.4 Å². The summed E-state index contributed by atoms with van der Waals surface area (Å²) in [5.74, 6) is 0. The molecule has 0 saturated heterocycles. The highest BCUT2D eigenvalue weighted by Crippen LogP contribution is 2.26. The summed E-state index contributed by atoms with van der Waals surface area (Å²) < 4.78 is 32.1. The van der Waals surface area contributed by atoms with Gasteiger partial charge < -0.3 is 4.74 Å². The Kier molecular flexibility index (Phi) is 4.44. The molecule has 0 heterocycles. The van der Waals surface area contributed by atoms with Crippen LogP contribution in [0.3, 0.4) is 0 Å². The second-order valence-electron chi connectivity index (χ2n) is 5.58. The molecular formula is C17H18N2O4S. The number of methoxy groups -OCH3 is 1. The van der Waals surface area contributed by atoms with Crippen LogP contribution >= 0.6 is 0 Å². The Morgan fingerprint density at radius 3 is 2.38 bits per heavy atom. The van der Waals surface area contributed by atoms with Crippen LogP contribution in [0.15, 0.2) is 47.4 Å². The van der Waals surface area contributed by atoms with Crippen molar-refractivity contribution in [3.05, 3.63) is 53.6 Å². The van der Waals surface area contributed by atoms with Gasteiger partial charge in [0.15, 0.2) is 0 Å². The normalized spacial score (nSPS) is 13.2. The van der Waals surface area contributed by atoms with Gasteiger partial charge in [0.25, 0.3) is 10.0 Å². The smallest absolute Gasteiger partial charge is 0.411 e. The molecule has 126 valence electrons. The van der Waals surface area contributed by atoms with Crippen molar-refractivity contribution < 1.29 is 17.9 Å². The number of hydrogen-bond donors (Lipinski definition) is 2. The van der Waals surface area contributed by atoms with Gasteiger partial charge in [0.2, 0.25) is 0 Å². The molecule has 2 aromatic carbocycles. The maximum absolute atomic E-state index is 12.5. The number of benzene rings is 2. The largest absolute Gasteiger partial charge is 0.453 e. The molecule has 6 nitrogen and oxygen atoms in total. The Balaban J connectivity index is 1.76. The van der Waals surface area contributed by atoms with E-state index in [0.29, 0.717) is 11.4 Å². The molecule has 0 bridgehead atoms. The quantitative estimate of drug-likeness (QED) is 0.891. The number of aryl methyl sites for hydroxylation is 2. The van der Waals surface area contributed by atoms with Gasteiger partial charge in [0, 0.05) is 11.4 Å². The third-order valence-corrected chi connectivity index (χ3v) is 5.33. The van der Waals surface area contributed by atoms with E-state index in [0.717, 1.165) is 24.8 Å². The minimum absolute atomic E-state index is 0.264. The Labute approximate surface area is 140 Å². The zero-order valence-corrected chi connectivity index (χ0v) is 14.0. The fourth-order valence-corrected chi connectivity index (χ4v) is 3.83. The Morgan fingerprint density at radius 1 is 1.00 bits per heavy atom. The number of fused-ring (bicyclic) bond motifs is 1. The second-order valence-corrected chi connectivity index (χ2v) is 7.27. The molecule has 0 atom stereocenters. The minimum atomic E-state index is -3.64. The number of sulfonamides is 1. The van der Waals surface area contributed by atoms with Gasteiger partial charge in [0.1, 0.15) is 0 Å². The van der Waals surface area contributed by atoms with E-state index in [1.807, 2.05) is 6.07 Å². The lowest BCUT2D eigenvalue weighted by molar-refractivity contribution is 0.187. The first kappa shape index (κ1) is 16.3. The van der Waals surface area contributed by atoms with Crippen LogP contribution in [-0.4, -0.2) is 21.6 Å². The van der Waals surface area contributed by atoms with Gasteiger partial charge in [0.05, 0.1) is 12.0 Å². The number of rotatable bonds is 4. The summed E-state index contributed by atoms with van der Waals surface area (Å²) in [5, 5.41) is 2.50. The topological polar surface area (TPSA) is 84.5 Å². The van der Waals surface area contributed by atoms with E-state index in [4.69, 9.17) is 0 Å². The summed E-state index contributed by atoms with van der Waals surface area (Å²) in [6.07, 6.45) is 2.42. The summed E-state index contributed by atoms with van der Waals surface area (Å²) >= 11 is 0. The lowest BCUT2D eigenvalue weighted by Gasteiger charge is -2.10. The predicted molar refractivity (Wildman–Crippen MR) is 91.7 cm³/mol. The summed E-state index contributed by atoms with van der Waals surface area (Å²) in [6.45, 7) is 0. The first-order valence-electron chi connectivity index (χ1n) is 7.57. The van der Waals surface area contributed by atoms with Crippen molar-refractivity contribution in [2.24, 2.45) is 0 Å². The number of nitrogens with one attached hydrogen (secondary N) is 2. The molecule has 0 radical (unpaired) electrons. The second kappa shape index (κ2) is 6.52. The van der Waals surface area contributed by atoms with Crippen molar-refractivity contribution in [2.75, 3.05) is 17.1 Å². The third kappa shape index (κ3) is 3.51. The summed E-state index contributed by atoms with van der Waals surface area (Å²) in [6, 6.07) is 11.6. The van der Waals surface area contributed by atoms with Crippen molar-refractivity contribution in [3.63, 3.8) is 0 Å². The molecule has 0 unspecified atom stereocenters. The van der Waals surface area contributed by atoms with E-state index >= 15 is 0 Å². The van der Waals surface area contributed by atoms with E-state index in [1.165, 1.54) is 12.7 Å². The highest BCUT2D eigenvalue weighted by Gasteiger charge is 2.18. The molecule has 24 heavy (non-hydrogen) atoms. The van der Waals surface area contributed by atoms with Crippen molar-refractivity contribution in [2.45, 2.75) is 24.2 Å². The zero-order valence-electron chi connectivity index (χ0n) is 13.2. The molecule has 0 spiro atoms. The molecule has 1 aliphatic rings. The molecule has 2 N–H and O–H groups in total. The average molecular weight is 346 g/mol. The molecule has 1 aliphatic carbocycles. The predicted octanol–water partition coefficient (Wildman–Crippen LogP) is 3.15. The molecule has 0 saturated carbocycles. The van der Waals surface area contributed by atoms with Crippen molar-refractivity contribution >= 4 is 27.5 Å². The number of anilines is 2.